The average Bonchev–Trinajstić information content (AvgIpc) is 3.75. The number of benzene rings is 7. The molecule has 0 spiro atoms. The molecule has 62 heavy (non-hydrogen) atoms. The first-order valence-corrected chi connectivity index (χ1v) is 23.6. The minimum Gasteiger partial charge on any atom is -0.468 e. The van der Waals surface area contributed by atoms with Gasteiger partial charge >= 0.3 is 18.9 Å². The number of carbonyl (C=O) groups excluding carboxylic acids is 2. The van der Waals surface area contributed by atoms with E-state index in [2.05, 4.69) is 181 Å². The molecule has 1 aliphatic carbocycles. The summed E-state index contributed by atoms with van der Waals surface area (Å²) in [7, 11) is 1.56. The van der Waals surface area contributed by atoms with Gasteiger partial charge in [0.15, 0.2) is 5.41 Å². The summed E-state index contributed by atoms with van der Waals surface area (Å²) in [6.07, 6.45) is 2.22. The van der Waals surface area contributed by atoms with Gasteiger partial charge in [-0.05, 0) is 112 Å². The molecule has 0 saturated heterocycles. The Morgan fingerprint density at radius 1 is 0.661 bits per heavy atom. The third-order valence-corrected chi connectivity index (χ3v) is 16.3. The van der Waals surface area contributed by atoms with E-state index in [0.29, 0.717) is 6.54 Å². The van der Waals surface area contributed by atoms with Gasteiger partial charge in [0.1, 0.15) is 0 Å². The predicted octanol–water partition coefficient (Wildman–Crippen LogP) is 9.88. The number of carbonyl (C=O) groups is 2. The van der Waals surface area contributed by atoms with Crippen LogP contribution in [0.5, 0.6) is 0 Å². The fraction of sp³-hybridized carbons (Fsp3) is 0.208. The number of anilines is 2. The Hall–Kier alpha value is -5.82. The molecule has 7 aromatic rings. The summed E-state index contributed by atoms with van der Waals surface area (Å²) < 4.78 is 13.6. The third kappa shape index (κ3) is 7.48. The highest BCUT2D eigenvalue weighted by molar-refractivity contribution is 7.99. The van der Waals surface area contributed by atoms with Crippen LogP contribution >= 0.6 is 19.8 Å². The second kappa shape index (κ2) is 17.9. The van der Waals surface area contributed by atoms with E-state index in [1.807, 2.05) is 11.8 Å². The molecular weight excluding hydrogens is 802 g/mol. The van der Waals surface area contributed by atoms with E-state index in [9.17, 15) is 9.59 Å². The Labute approximate surface area is 371 Å². The maximum atomic E-state index is 13.9. The van der Waals surface area contributed by atoms with Crippen molar-refractivity contribution in [1.82, 2.24) is 0 Å². The summed E-state index contributed by atoms with van der Waals surface area (Å²) in [5.74, 6) is -0.161. The van der Waals surface area contributed by atoms with E-state index >= 15 is 0 Å². The summed E-state index contributed by atoms with van der Waals surface area (Å²) in [6.45, 7) is 4.82. The van der Waals surface area contributed by atoms with Gasteiger partial charge in [0, 0.05) is 49.1 Å². The second-order valence-electron chi connectivity index (χ2n) is 16.3. The number of rotatable bonds is 13. The molecule has 0 amide bonds. The molecule has 0 unspecified atom stereocenters. The molecule has 1 aliphatic heterocycles. The first kappa shape index (κ1) is 41.5. The zero-order chi connectivity index (χ0) is 42.8. The van der Waals surface area contributed by atoms with Crippen molar-refractivity contribution in [3.05, 3.63) is 191 Å². The molecule has 0 N–H and O–H groups in total. The van der Waals surface area contributed by atoms with E-state index in [4.69, 9.17) is 9.47 Å². The summed E-state index contributed by atoms with van der Waals surface area (Å²) in [6, 6.07) is 56.8. The molecule has 1 heterocycles. The SMILES string of the molecule is COC(=O)C1(C(=O)OC)Cc2c(C)c(CCCSc3ccccc3)c(B3N(Cc4ccccc4)c4cccc5cccc(c45)N3P(c3ccccc3)c3ccccc3)c(C)c2C1. The second-order valence-corrected chi connectivity index (χ2v) is 19.5. The van der Waals surface area contributed by atoms with Crippen molar-refractivity contribution < 1.29 is 19.1 Å². The Morgan fingerprint density at radius 3 is 1.77 bits per heavy atom. The number of ether oxygens (including phenoxy) is 2. The maximum absolute atomic E-state index is 13.9. The van der Waals surface area contributed by atoms with Crippen molar-refractivity contribution in [3.8, 4) is 0 Å². The van der Waals surface area contributed by atoms with E-state index in [0.717, 1.165) is 40.8 Å². The van der Waals surface area contributed by atoms with Gasteiger partial charge in [-0.2, -0.15) is 0 Å². The summed E-state index contributed by atoms with van der Waals surface area (Å²) in [5.41, 5.74) is 8.97. The molecule has 0 aromatic heterocycles. The van der Waals surface area contributed by atoms with Crippen molar-refractivity contribution in [1.29, 1.82) is 0 Å². The summed E-state index contributed by atoms with van der Waals surface area (Å²) in [5, 5.41) is 4.93. The van der Waals surface area contributed by atoms with Crippen molar-refractivity contribution in [2.75, 3.05) is 29.4 Å². The number of hydrogen-bond acceptors (Lipinski definition) is 7. The Morgan fingerprint density at radius 2 is 1.19 bits per heavy atom. The predicted molar refractivity (Wildman–Crippen MR) is 259 cm³/mol. The largest absolute Gasteiger partial charge is 0.468 e. The van der Waals surface area contributed by atoms with Gasteiger partial charge in [-0.25, -0.2) is 0 Å². The zero-order valence-corrected chi connectivity index (χ0v) is 37.4. The highest BCUT2D eigenvalue weighted by atomic mass is 32.2. The van der Waals surface area contributed by atoms with E-state index in [-0.39, 0.29) is 19.8 Å². The Balaban J connectivity index is 1.33. The quantitative estimate of drug-likeness (QED) is 0.0286. The van der Waals surface area contributed by atoms with Gasteiger partial charge in [0.2, 0.25) is 0 Å². The Bertz CT molecular complexity index is 2680. The number of fused-ring (bicyclic) bond motifs is 1. The van der Waals surface area contributed by atoms with Crippen LogP contribution in [0.15, 0.2) is 163 Å². The monoisotopic (exact) mass is 852 g/mol. The third-order valence-electron chi connectivity index (χ3n) is 12.8. The molecule has 0 fully saturated rings. The maximum Gasteiger partial charge on any atom is 0.416 e. The van der Waals surface area contributed by atoms with Crippen molar-refractivity contribution in [2.24, 2.45) is 5.41 Å². The number of methoxy groups -OCH3 is 2. The topological polar surface area (TPSA) is 59.1 Å². The van der Waals surface area contributed by atoms with Gasteiger partial charge < -0.3 is 18.9 Å². The van der Waals surface area contributed by atoms with E-state index in [1.165, 1.54) is 68.5 Å². The fourth-order valence-corrected chi connectivity index (χ4v) is 13.3. The van der Waals surface area contributed by atoms with Gasteiger partial charge in [-0.15, -0.1) is 11.8 Å². The van der Waals surface area contributed by atoms with Crippen LogP contribution in [0.2, 0.25) is 0 Å². The lowest BCUT2D eigenvalue weighted by Gasteiger charge is -2.49. The number of thioether (sulfide) groups is 1. The normalized spacial score (nSPS) is 14.0. The van der Waals surface area contributed by atoms with Crippen molar-refractivity contribution in [3.63, 3.8) is 0 Å². The molecule has 9 rings (SSSR count). The van der Waals surface area contributed by atoms with Crippen molar-refractivity contribution in [2.45, 2.75) is 51.0 Å². The molecule has 9 heteroatoms. The molecule has 2 aliphatic rings. The van der Waals surface area contributed by atoms with Crippen LogP contribution in [0.3, 0.4) is 0 Å². The van der Waals surface area contributed by atoms with Gasteiger partial charge in [-0.3, -0.25) is 9.59 Å². The van der Waals surface area contributed by atoms with E-state index < -0.39 is 25.4 Å². The standard InChI is InChI=1S/C53H50BN2O4PS/c1-37-44(30-19-33-62-43-28-15-8-16-29-43)50(38(2)46-35-53(34-45(37)46,51(57)59-3)52(58)60-4)54-55(36-39-20-9-5-10-21-39)47-31-17-22-40-23-18-32-48(49(40)47)56(54)61(41-24-11-6-12-25-41)42-26-13-7-14-27-42/h5-18,20-29,31-32H,19,30,33-36H2,1-4H3. The number of nitrogens with zero attached hydrogens (tertiary/aromatic N) is 2. The van der Waals surface area contributed by atoms with Crippen LogP contribution in [-0.2, 0) is 44.9 Å². The van der Waals surface area contributed by atoms with Crippen LogP contribution in [0.4, 0.5) is 11.4 Å². The van der Waals surface area contributed by atoms with Gasteiger partial charge in [0.25, 0.3) is 0 Å². The minimum absolute atomic E-state index is 0.217. The average molecular weight is 853 g/mol. The Kier molecular flexibility index (Phi) is 12.0. The fourth-order valence-electron chi connectivity index (χ4n) is 9.87. The van der Waals surface area contributed by atoms with Crippen LogP contribution in [0.1, 0.15) is 39.8 Å². The highest BCUT2D eigenvalue weighted by Gasteiger charge is 2.55. The molecule has 0 saturated carbocycles. The number of hydrogen-bond donors (Lipinski definition) is 0. The van der Waals surface area contributed by atoms with Gasteiger partial charge in [-0.1, -0.05) is 133 Å². The molecule has 6 nitrogen and oxygen atoms in total. The van der Waals surface area contributed by atoms with Crippen molar-refractivity contribution >= 4 is 77.0 Å². The molecule has 0 atom stereocenters. The lowest BCUT2D eigenvalue weighted by molar-refractivity contribution is -0.168. The molecular formula is C53H50BN2O4PS. The molecule has 0 bridgehead atoms. The van der Waals surface area contributed by atoms with Crippen LogP contribution in [-0.4, -0.2) is 38.9 Å². The molecule has 0 radical (unpaired) electrons. The lowest BCUT2D eigenvalue weighted by atomic mass is 9.58. The molecule has 7 aromatic carbocycles. The zero-order valence-electron chi connectivity index (χ0n) is 35.7. The van der Waals surface area contributed by atoms with Gasteiger partial charge in [0.05, 0.1) is 14.2 Å². The summed E-state index contributed by atoms with van der Waals surface area (Å²) >= 11 is 1.88. The highest BCUT2D eigenvalue weighted by Crippen LogP contribution is 2.52. The molecule has 310 valence electrons. The van der Waals surface area contributed by atoms with Crippen LogP contribution < -0.4 is 25.5 Å². The smallest absolute Gasteiger partial charge is 0.416 e. The van der Waals surface area contributed by atoms with E-state index in [1.54, 1.807) is 0 Å². The first-order chi connectivity index (χ1) is 30.3. The van der Waals surface area contributed by atoms with Crippen LogP contribution in [0, 0.1) is 19.3 Å². The lowest BCUT2D eigenvalue weighted by Crippen LogP contribution is -2.63. The summed E-state index contributed by atoms with van der Waals surface area (Å²) in [4.78, 5) is 31.6. The van der Waals surface area contributed by atoms with Crippen LogP contribution in [0.25, 0.3) is 10.8 Å². The first-order valence-electron chi connectivity index (χ1n) is 21.3. The minimum atomic E-state index is -1.46. The number of esters is 2.